The van der Waals surface area contributed by atoms with E-state index in [4.69, 9.17) is 0 Å². The minimum Gasteiger partial charge on any atom is -0.314 e. The maximum atomic E-state index is 3.54. The summed E-state index contributed by atoms with van der Waals surface area (Å²) in [6.07, 6.45) is 2.90. The van der Waals surface area contributed by atoms with Crippen LogP contribution in [0.1, 0.15) is 19.8 Å². The molecule has 2 saturated heterocycles. The molecule has 0 saturated carbocycles. The van der Waals surface area contributed by atoms with Crippen molar-refractivity contribution < 1.29 is 0 Å². The first-order valence-electron chi connectivity index (χ1n) is 4.67. The Labute approximate surface area is 73.3 Å². The summed E-state index contributed by atoms with van der Waals surface area (Å²) in [4.78, 5) is 0. The van der Waals surface area contributed by atoms with E-state index in [2.05, 4.69) is 24.0 Å². The molecule has 2 aliphatic heterocycles. The maximum absolute atomic E-state index is 3.54. The van der Waals surface area contributed by atoms with Crippen LogP contribution in [0.15, 0.2) is 0 Å². The molecule has 2 heteroatoms. The second-order valence-corrected chi connectivity index (χ2v) is 5.08. The van der Waals surface area contributed by atoms with Crippen molar-refractivity contribution in [1.29, 1.82) is 0 Å². The van der Waals surface area contributed by atoms with E-state index in [0.29, 0.717) is 0 Å². The van der Waals surface area contributed by atoms with E-state index in [1.165, 1.54) is 30.9 Å². The Hall–Kier alpha value is 0.310. The second kappa shape index (κ2) is 3.36. The van der Waals surface area contributed by atoms with Gasteiger partial charge in [0.2, 0.25) is 0 Å². The monoisotopic (exact) mass is 171 g/mol. The van der Waals surface area contributed by atoms with Crippen LogP contribution in [0.4, 0.5) is 0 Å². The van der Waals surface area contributed by atoms with Crippen LogP contribution >= 0.6 is 11.8 Å². The van der Waals surface area contributed by atoms with Crippen molar-refractivity contribution >= 4 is 11.8 Å². The molecule has 2 heterocycles. The van der Waals surface area contributed by atoms with Crippen LogP contribution in [0, 0.1) is 11.8 Å². The second-order valence-electron chi connectivity index (χ2n) is 3.93. The number of hydrogen-bond acceptors (Lipinski definition) is 2. The van der Waals surface area contributed by atoms with E-state index in [-0.39, 0.29) is 0 Å². The third kappa shape index (κ3) is 1.73. The Morgan fingerprint density at radius 1 is 1.36 bits per heavy atom. The molecule has 0 aromatic rings. The molecule has 3 unspecified atom stereocenters. The summed E-state index contributed by atoms with van der Waals surface area (Å²) in [6, 6.07) is 0.783. The Bertz CT molecular complexity index is 132. The van der Waals surface area contributed by atoms with Gasteiger partial charge in [0.05, 0.1) is 0 Å². The van der Waals surface area contributed by atoms with E-state index in [0.717, 1.165) is 17.9 Å². The Kier molecular flexibility index (Phi) is 2.42. The van der Waals surface area contributed by atoms with Gasteiger partial charge in [0.15, 0.2) is 0 Å². The highest BCUT2D eigenvalue weighted by Crippen LogP contribution is 2.33. The average Bonchev–Trinajstić information content (AvgIpc) is 2.55. The van der Waals surface area contributed by atoms with Crippen LogP contribution < -0.4 is 5.32 Å². The molecule has 0 bridgehead atoms. The molecule has 1 N–H and O–H groups in total. The highest BCUT2D eigenvalue weighted by atomic mass is 32.2. The van der Waals surface area contributed by atoms with Crippen LogP contribution in [-0.4, -0.2) is 24.1 Å². The van der Waals surface area contributed by atoms with E-state index in [9.17, 15) is 0 Å². The van der Waals surface area contributed by atoms with Gasteiger partial charge < -0.3 is 5.32 Å². The quantitative estimate of drug-likeness (QED) is 0.645. The molecule has 0 aromatic carbocycles. The third-order valence-corrected chi connectivity index (χ3v) is 4.20. The highest BCUT2D eigenvalue weighted by Gasteiger charge is 2.30. The Morgan fingerprint density at radius 3 is 2.82 bits per heavy atom. The fourth-order valence-corrected chi connectivity index (χ4v) is 3.63. The summed E-state index contributed by atoms with van der Waals surface area (Å²) < 4.78 is 0. The molecule has 2 aliphatic rings. The van der Waals surface area contributed by atoms with Gasteiger partial charge in [-0.3, -0.25) is 0 Å². The summed E-state index contributed by atoms with van der Waals surface area (Å²) in [5, 5.41) is 3.54. The number of nitrogens with one attached hydrogen (secondary N) is 1. The first kappa shape index (κ1) is 7.93. The summed E-state index contributed by atoms with van der Waals surface area (Å²) in [7, 11) is 0. The molecule has 3 atom stereocenters. The zero-order valence-electron chi connectivity index (χ0n) is 7.18. The number of rotatable bonds is 1. The number of hydrogen-bond donors (Lipinski definition) is 1. The maximum Gasteiger partial charge on any atom is 0.00420 e. The van der Waals surface area contributed by atoms with E-state index in [1.54, 1.807) is 0 Å². The zero-order valence-corrected chi connectivity index (χ0v) is 7.99. The minimum absolute atomic E-state index is 0.783. The van der Waals surface area contributed by atoms with Crippen molar-refractivity contribution in [2.45, 2.75) is 25.8 Å². The lowest BCUT2D eigenvalue weighted by Crippen LogP contribution is -2.19. The molecule has 2 rings (SSSR count). The molecule has 0 spiro atoms. The Morgan fingerprint density at radius 2 is 2.27 bits per heavy atom. The smallest absolute Gasteiger partial charge is 0.00420 e. The van der Waals surface area contributed by atoms with Gasteiger partial charge in [0.1, 0.15) is 0 Å². The van der Waals surface area contributed by atoms with Gasteiger partial charge in [0, 0.05) is 6.04 Å². The van der Waals surface area contributed by atoms with E-state index >= 15 is 0 Å². The highest BCUT2D eigenvalue weighted by molar-refractivity contribution is 7.99. The summed E-state index contributed by atoms with van der Waals surface area (Å²) >= 11 is 2.14. The SMILES string of the molecule is CC1CC(C2CCSC2)CN1. The topological polar surface area (TPSA) is 12.0 Å². The molecule has 0 radical (unpaired) electrons. The van der Waals surface area contributed by atoms with Crippen LogP contribution in [0.2, 0.25) is 0 Å². The lowest BCUT2D eigenvalue weighted by molar-refractivity contribution is 0.390. The van der Waals surface area contributed by atoms with Crippen molar-refractivity contribution in [3.8, 4) is 0 Å². The molecule has 1 nitrogen and oxygen atoms in total. The number of thioether (sulfide) groups is 1. The largest absolute Gasteiger partial charge is 0.314 e. The minimum atomic E-state index is 0.783. The van der Waals surface area contributed by atoms with Gasteiger partial charge in [-0.05, 0) is 49.7 Å². The lowest BCUT2D eigenvalue weighted by atomic mass is 9.90. The molecule has 0 aromatic heterocycles. The van der Waals surface area contributed by atoms with Gasteiger partial charge in [-0.1, -0.05) is 0 Å². The standard InChI is InChI=1S/C9H17NS/c1-7-4-9(5-10-7)8-2-3-11-6-8/h7-10H,2-6H2,1H3. The summed E-state index contributed by atoms with van der Waals surface area (Å²) in [5.74, 6) is 4.88. The van der Waals surface area contributed by atoms with Crippen molar-refractivity contribution in [3.63, 3.8) is 0 Å². The van der Waals surface area contributed by atoms with Gasteiger partial charge in [-0.2, -0.15) is 11.8 Å². The van der Waals surface area contributed by atoms with Crippen molar-refractivity contribution in [2.24, 2.45) is 11.8 Å². The van der Waals surface area contributed by atoms with Crippen LogP contribution in [-0.2, 0) is 0 Å². The molecule has 64 valence electrons. The van der Waals surface area contributed by atoms with Crippen molar-refractivity contribution in [3.05, 3.63) is 0 Å². The summed E-state index contributed by atoms with van der Waals surface area (Å²) in [5.41, 5.74) is 0. The van der Waals surface area contributed by atoms with Crippen molar-refractivity contribution in [2.75, 3.05) is 18.1 Å². The third-order valence-electron chi connectivity index (χ3n) is 3.02. The van der Waals surface area contributed by atoms with Crippen LogP contribution in [0.5, 0.6) is 0 Å². The van der Waals surface area contributed by atoms with Gasteiger partial charge in [-0.15, -0.1) is 0 Å². The van der Waals surface area contributed by atoms with E-state index in [1.807, 2.05) is 0 Å². The first-order valence-corrected chi connectivity index (χ1v) is 5.83. The van der Waals surface area contributed by atoms with Crippen LogP contribution in [0.25, 0.3) is 0 Å². The average molecular weight is 171 g/mol. The van der Waals surface area contributed by atoms with E-state index < -0.39 is 0 Å². The fraction of sp³-hybridized carbons (Fsp3) is 1.00. The predicted octanol–water partition coefficient (Wildman–Crippen LogP) is 1.74. The first-order chi connectivity index (χ1) is 5.36. The molecule has 0 aliphatic carbocycles. The zero-order chi connectivity index (χ0) is 7.68. The van der Waals surface area contributed by atoms with Gasteiger partial charge in [0.25, 0.3) is 0 Å². The summed E-state index contributed by atoms with van der Waals surface area (Å²) in [6.45, 7) is 3.59. The molecular formula is C9H17NS. The molecule has 11 heavy (non-hydrogen) atoms. The van der Waals surface area contributed by atoms with Gasteiger partial charge in [-0.25, -0.2) is 0 Å². The van der Waals surface area contributed by atoms with Crippen LogP contribution in [0.3, 0.4) is 0 Å². The molecular weight excluding hydrogens is 154 g/mol. The lowest BCUT2D eigenvalue weighted by Gasteiger charge is -2.15. The Balaban J connectivity index is 1.85. The van der Waals surface area contributed by atoms with Gasteiger partial charge >= 0.3 is 0 Å². The van der Waals surface area contributed by atoms with Crippen molar-refractivity contribution in [1.82, 2.24) is 5.32 Å². The predicted molar refractivity (Wildman–Crippen MR) is 51.0 cm³/mol. The molecule has 2 fully saturated rings. The normalized spacial score (nSPS) is 45.0. The molecule has 0 amide bonds. The fourth-order valence-electron chi connectivity index (χ4n) is 2.26.